The zero-order chi connectivity index (χ0) is 14.0. The molecule has 0 aliphatic rings. The minimum absolute atomic E-state index is 0.128. The second kappa shape index (κ2) is 5.56. The van der Waals surface area contributed by atoms with E-state index in [1.54, 1.807) is 4.57 Å². The number of halogens is 2. The molecule has 2 rings (SSSR count). The second-order valence-electron chi connectivity index (χ2n) is 5.66. The molecule has 19 heavy (non-hydrogen) atoms. The first kappa shape index (κ1) is 14.4. The van der Waals surface area contributed by atoms with Crippen molar-refractivity contribution in [3.8, 4) is 0 Å². The van der Waals surface area contributed by atoms with E-state index in [-0.39, 0.29) is 17.3 Å². The summed E-state index contributed by atoms with van der Waals surface area (Å²) in [6.07, 6.45) is 2.67. The molecule has 7 heteroatoms. The van der Waals surface area contributed by atoms with Crippen LogP contribution in [0.4, 0.5) is 4.39 Å². The van der Waals surface area contributed by atoms with Crippen LogP contribution in [0.1, 0.15) is 0 Å². The lowest BCUT2D eigenvalue weighted by atomic mass is 10.4. The molecular formula is C12H17ClFN3OSi. The zero-order valence-corrected chi connectivity index (χ0v) is 13.0. The lowest BCUT2D eigenvalue weighted by molar-refractivity contribution is 0.0895. The highest BCUT2D eigenvalue weighted by Crippen LogP contribution is 2.24. The number of aromatic nitrogens is 3. The Hall–Kier alpha value is -0.983. The summed E-state index contributed by atoms with van der Waals surface area (Å²) in [5.41, 5.74) is 0.463. The van der Waals surface area contributed by atoms with Crippen molar-refractivity contribution in [2.24, 2.45) is 0 Å². The molecule has 2 aromatic heterocycles. The van der Waals surface area contributed by atoms with Gasteiger partial charge in [-0.05, 0) is 6.04 Å². The third kappa shape index (κ3) is 3.52. The maximum Gasteiger partial charge on any atom is 0.153 e. The summed E-state index contributed by atoms with van der Waals surface area (Å²) in [7, 11) is -1.11. The molecule has 104 valence electrons. The summed E-state index contributed by atoms with van der Waals surface area (Å²) in [6, 6.07) is 1.07. The van der Waals surface area contributed by atoms with Gasteiger partial charge >= 0.3 is 0 Å². The topological polar surface area (TPSA) is 39.9 Å². The average Bonchev–Trinajstić information content (AvgIpc) is 2.62. The van der Waals surface area contributed by atoms with Crippen molar-refractivity contribution in [2.75, 3.05) is 6.61 Å². The molecule has 4 nitrogen and oxygen atoms in total. The quantitative estimate of drug-likeness (QED) is 0.482. The van der Waals surface area contributed by atoms with Crippen LogP contribution in [0.3, 0.4) is 0 Å². The maximum atomic E-state index is 13.7. The van der Waals surface area contributed by atoms with Crippen molar-refractivity contribution in [2.45, 2.75) is 32.4 Å². The summed E-state index contributed by atoms with van der Waals surface area (Å²) >= 11 is 5.86. The van der Waals surface area contributed by atoms with Gasteiger partial charge in [0.05, 0.1) is 5.39 Å². The lowest BCUT2D eigenvalue weighted by Gasteiger charge is -2.15. The van der Waals surface area contributed by atoms with Crippen LogP contribution in [-0.2, 0) is 11.5 Å². The fourth-order valence-corrected chi connectivity index (χ4v) is 2.66. The van der Waals surface area contributed by atoms with Gasteiger partial charge in [-0.15, -0.1) is 0 Å². The number of hydrogen-bond acceptors (Lipinski definition) is 3. The van der Waals surface area contributed by atoms with E-state index in [0.717, 1.165) is 6.04 Å². The first-order chi connectivity index (χ1) is 8.88. The van der Waals surface area contributed by atoms with Crippen LogP contribution in [-0.4, -0.2) is 29.2 Å². The van der Waals surface area contributed by atoms with Crippen LogP contribution in [0.15, 0.2) is 12.5 Å². The van der Waals surface area contributed by atoms with Gasteiger partial charge in [-0.1, -0.05) is 31.2 Å². The maximum absolute atomic E-state index is 13.7. The normalized spacial score (nSPS) is 12.3. The van der Waals surface area contributed by atoms with Crippen molar-refractivity contribution in [1.82, 2.24) is 14.5 Å². The molecule has 0 aromatic carbocycles. The molecule has 0 aliphatic heterocycles. The van der Waals surface area contributed by atoms with Crippen LogP contribution in [0.5, 0.6) is 0 Å². The summed E-state index contributed by atoms with van der Waals surface area (Å²) in [5, 5.41) is 0.376. The molecule has 0 saturated carbocycles. The average molecular weight is 302 g/mol. The second-order valence-corrected chi connectivity index (χ2v) is 11.6. The molecule has 0 atom stereocenters. The Morgan fingerprint density at radius 3 is 2.79 bits per heavy atom. The largest absolute Gasteiger partial charge is 0.361 e. The molecule has 0 bridgehead atoms. The Morgan fingerprint density at radius 1 is 1.37 bits per heavy atom. The number of rotatable bonds is 5. The van der Waals surface area contributed by atoms with Gasteiger partial charge in [0.1, 0.15) is 23.9 Å². The van der Waals surface area contributed by atoms with Crippen molar-refractivity contribution in [3.63, 3.8) is 0 Å². The van der Waals surface area contributed by atoms with Crippen molar-refractivity contribution in [3.05, 3.63) is 23.5 Å². The van der Waals surface area contributed by atoms with Crippen LogP contribution in [0, 0.1) is 5.82 Å². The predicted octanol–water partition coefficient (Wildman–Crippen LogP) is 3.54. The van der Waals surface area contributed by atoms with Crippen LogP contribution in [0.25, 0.3) is 11.0 Å². The Kier molecular flexibility index (Phi) is 4.22. The predicted molar refractivity (Wildman–Crippen MR) is 76.6 cm³/mol. The van der Waals surface area contributed by atoms with Crippen molar-refractivity contribution in [1.29, 1.82) is 0 Å². The summed E-state index contributed by atoms with van der Waals surface area (Å²) in [4.78, 5) is 7.82. The van der Waals surface area contributed by atoms with E-state index in [9.17, 15) is 4.39 Å². The number of hydrogen-bond donors (Lipinski definition) is 0. The van der Waals surface area contributed by atoms with Crippen molar-refractivity contribution < 1.29 is 9.13 Å². The minimum Gasteiger partial charge on any atom is -0.361 e. The highest BCUT2D eigenvalue weighted by molar-refractivity contribution is 6.76. The van der Waals surface area contributed by atoms with E-state index in [1.807, 2.05) is 0 Å². The molecule has 0 N–H and O–H groups in total. The highest BCUT2D eigenvalue weighted by atomic mass is 35.5. The standard InChI is InChI=1S/C12H17ClFN3OSi/c1-19(2,3)5-4-18-8-17-6-9(14)10-11(13)15-7-16-12(10)17/h6-7H,4-5,8H2,1-3H3. The van der Waals surface area contributed by atoms with Gasteiger partial charge in [0.25, 0.3) is 0 Å². The number of nitrogens with zero attached hydrogens (tertiary/aromatic N) is 3. The smallest absolute Gasteiger partial charge is 0.153 e. The van der Waals surface area contributed by atoms with E-state index < -0.39 is 13.9 Å². The van der Waals surface area contributed by atoms with Crippen LogP contribution in [0.2, 0.25) is 30.8 Å². The number of fused-ring (bicyclic) bond motifs is 1. The number of ether oxygens (including phenoxy) is 1. The molecule has 0 fully saturated rings. The molecule has 0 aliphatic carbocycles. The minimum atomic E-state index is -1.11. The first-order valence-electron chi connectivity index (χ1n) is 6.11. The van der Waals surface area contributed by atoms with Gasteiger partial charge in [0.2, 0.25) is 0 Å². The molecule has 2 heterocycles. The zero-order valence-electron chi connectivity index (χ0n) is 11.3. The van der Waals surface area contributed by atoms with Gasteiger partial charge in [-0.3, -0.25) is 0 Å². The third-order valence-corrected chi connectivity index (χ3v) is 4.78. The van der Waals surface area contributed by atoms with Crippen molar-refractivity contribution >= 4 is 30.7 Å². The van der Waals surface area contributed by atoms with Gasteiger partial charge < -0.3 is 9.30 Å². The molecular weight excluding hydrogens is 285 g/mol. The monoisotopic (exact) mass is 301 g/mol. The molecule has 0 unspecified atom stereocenters. The molecule has 0 spiro atoms. The van der Waals surface area contributed by atoms with E-state index in [0.29, 0.717) is 12.3 Å². The molecule has 2 aromatic rings. The Labute approximate surface area is 117 Å². The van der Waals surface area contributed by atoms with Gasteiger partial charge in [0.15, 0.2) is 5.82 Å². The Balaban J connectivity index is 2.08. The lowest BCUT2D eigenvalue weighted by Crippen LogP contribution is -2.22. The fraction of sp³-hybridized carbons (Fsp3) is 0.500. The van der Waals surface area contributed by atoms with E-state index in [1.165, 1.54) is 12.5 Å². The van der Waals surface area contributed by atoms with Crippen LogP contribution >= 0.6 is 11.6 Å². The first-order valence-corrected chi connectivity index (χ1v) is 10.2. The van der Waals surface area contributed by atoms with E-state index in [4.69, 9.17) is 16.3 Å². The summed E-state index contributed by atoms with van der Waals surface area (Å²) in [5.74, 6) is -0.422. The Morgan fingerprint density at radius 2 is 2.11 bits per heavy atom. The Bertz CT molecular complexity index is 582. The summed E-state index contributed by atoms with van der Waals surface area (Å²) < 4.78 is 20.9. The fourth-order valence-electron chi connectivity index (χ4n) is 1.68. The molecule has 0 amide bonds. The SMILES string of the molecule is C[Si](C)(C)CCOCn1cc(F)c2c(Cl)ncnc21. The van der Waals surface area contributed by atoms with Gasteiger partial charge in [-0.25, -0.2) is 14.4 Å². The van der Waals surface area contributed by atoms with Gasteiger partial charge in [0, 0.05) is 20.9 Å². The summed E-state index contributed by atoms with van der Waals surface area (Å²) in [6.45, 7) is 7.81. The van der Waals surface area contributed by atoms with Crippen LogP contribution < -0.4 is 0 Å². The van der Waals surface area contributed by atoms with E-state index in [2.05, 4.69) is 29.6 Å². The molecule has 0 saturated heterocycles. The van der Waals surface area contributed by atoms with E-state index >= 15 is 0 Å². The molecule has 0 radical (unpaired) electrons. The van der Waals surface area contributed by atoms with Gasteiger partial charge in [-0.2, -0.15) is 0 Å². The third-order valence-electron chi connectivity index (χ3n) is 2.79. The highest BCUT2D eigenvalue weighted by Gasteiger charge is 2.15.